The van der Waals surface area contributed by atoms with E-state index >= 15 is 0 Å². The maximum Gasteiger partial charge on any atom is 0.333 e. The first-order chi connectivity index (χ1) is 10.5. The number of carbonyl (C=O) groups excluding carboxylic acids is 2. The van der Waals surface area contributed by atoms with Crippen LogP contribution in [0.2, 0.25) is 0 Å². The molecule has 4 heteroatoms. The average Bonchev–Trinajstić information content (AvgIpc) is 2.95. The van der Waals surface area contributed by atoms with Gasteiger partial charge < -0.3 is 9.47 Å². The summed E-state index contributed by atoms with van der Waals surface area (Å²) in [6, 6.07) is 5.67. The van der Waals surface area contributed by atoms with Crippen molar-refractivity contribution in [3.05, 3.63) is 53.1 Å². The molecule has 0 aliphatic carbocycles. The predicted molar refractivity (Wildman–Crippen MR) is 83.7 cm³/mol. The Kier molecular flexibility index (Phi) is 4.81. The van der Waals surface area contributed by atoms with E-state index in [1.54, 1.807) is 19.9 Å². The number of benzene rings is 1. The van der Waals surface area contributed by atoms with Crippen molar-refractivity contribution >= 4 is 12.3 Å². The molecule has 1 aromatic carbocycles. The molecule has 1 heterocycles. The maximum atomic E-state index is 11.8. The molecule has 0 saturated carbocycles. The number of allylic oxidation sites excluding steroid dienone is 1. The number of hydrogen-bond donors (Lipinski definition) is 0. The van der Waals surface area contributed by atoms with Gasteiger partial charge in [0.1, 0.15) is 24.2 Å². The van der Waals surface area contributed by atoms with Gasteiger partial charge in [-0.15, -0.1) is 0 Å². The van der Waals surface area contributed by atoms with E-state index in [2.05, 4.69) is 6.58 Å². The van der Waals surface area contributed by atoms with Crippen LogP contribution in [0.25, 0.3) is 0 Å². The number of carbonyl (C=O) groups is 2. The SMILES string of the molecule is C=C(C=O)[C@H]1Cc2cc([C@@H](C)OC(=O)/C(C)=C/C)ccc2O1. The second-order valence-electron chi connectivity index (χ2n) is 5.39. The first-order valence-electron chi connectivity index (χ1n) is 7.23. The van der Waals surface area contributed by atoms with E-state index in [0.29, 0.717) is 17.6 Å². The Bertz CT molecular complexity index is 642. The highest BCUT2D eigenvalue weighted by molar-refractivity contribution is 5.87. The average molecular weight is 300 g/mol. The zero-order valence-electron chi connectivity index (χ0n) is 13.1. The molecule has 1 aromatic rings. The molecule has 0 aromatic heterocycles. The number of fused-ring (bicyclic) bond motifs is 1. The van der Waals surface area contributed by atoms with Gasteiger partial charge in [0.25, 0.3) is 0 Å². The molecule has 0 amide bonds. The Hall–Kier alpha value is -2.36. The van der Waals surface area contributed by atoms with Gasteiger partial charge in [-0.05, 0) is 44.0 Å². The molecule has 2 rings (SSSR count). The van der Waals surface area contributed by atoms with Crippen LogP contribution in [0, 0.1) is 0 Å². The lowest BCUT2D eigenvalue weighted by Crippen LogP contribution is -2.16. The Balaban J connectivity index is 2.12. The quantitative estimate of drug-likeness (QED) is 0.475. The Morgan fingerprint density at radius 3 is 2.86 bits per heavy atom. The molecule has 0 spiro atoms. The van der Waals surface area contributed by atoms with Crippen molar-refractivity contribution in [1.82, 2.24) is 0 Å². The third-order valence-corrected chi connectivity index (χ3v) is 3.83. The number of hydrogen-bond acceptors (Lipinski definition) is 4. The summed E-state index contributed by atoms with van der Waals surface area (Å²) in [5.74, 6) is 0.430. The maximum absolute atomic E-state index is 11.8. The topological polar surface area (TPSA) is 52.6 Å². The molecule has 116 valence electrons. The van der Waals surface area contributed by atoms with Crippen LogP contribution in [0.1, 0.15) is 38.0 Å². The summed E-state index contributed by atoms with van der Waals surface area (Å²) in [5, 5.41) is 0. The molecule has 2 atom stereocenters. The van der Waals surface area contributed by atoms with Crippen LogP contribution in [-0.4, -0.2) is 18.4 Å². The molecular weight excluding hydrogens is 280 g/mol. The molecule has 1 aliphatic rings. The lowest BCUT2D eigenvalue weighted by molar-refractivity contribution is -0.143. The summed E-state index contributed by atoms with van der Waals surface area (Å²) in [4.78, 5) is 22.6. The van der Waals surface area contributed by atoms with Crippen molar-refractivity contribution in [2.75, 3.05) is 0 Å². The van der Waals surface area contributed by atoms with E-state index in [1.165, 1.54) is 0 Å². The number of aldehydes is 1. The monoisotopic (exact) mass is 300 g/mol. The summed E-state index contributed by atoms with van der Waals surface area (Å²) >= 11 is 0. The second-order valence-corrected chi connectivity index (χ2v) is 5.39. The lowest BCUT2D eigenvalue weighted by atomic mass is 10.0. The molecule has 0 unspecified atom stereocenters. The standard InChI is InChI=1S/C18H20O4/c1-5-11(2)18(20)21-13(4)14-6-7-16-15(8-14)9-17(22-16)12(3)10-19/h5-8,10,13,17H,3,9H2,1-2,4H3/b11-5+/t13-,17-/m1/s1. The summed E-state index contributed by atoms with van der Waals surface area (Å²) in [5.41, 5.74) is 2.91. The van der Waals surface area contributed by atoms with E-state index in [9.17, 15) is 9.59 Å². The van der Waals surface area contributed by atoms with Gasteiger partial charge in [-0.1, -0.05) is 18.7 Å². The predicted octanol–water partition coefficient (Wildman–Crippen LogP) is 3.32. The minimum atomic E-state index is -0.346. The summed E-state index contributed by atoms with van der Waals surface area (Å²) < 4.78 is 11.1. The fourth-order valence-electron chi connectivity index (χ4n) is 2.24. The van der Waals surface area contributed by atoms with Crippen LogP contribution in [-0.2, 0) is 20.7 Å². The molecule has 0 fully saturated rings. The van der Waals surface area contributed by atoms with Crippen LogP contribution in [0.4, 0.5) is 0 Å². The Morgan fingerprint density at radius 1 is 1.50 bits per heavy atom. The highest BCUT2D eigenvalue weighted by Gasteiger charge is 2.26. The van der Waals surface area contributed by atoms with Gasteiger partial charge in [-0.2, -0.15) is 0 Å². The van der Waals surface area contributed by atoms with Crippen molar-refractivity contribution < 1.29 is 19.1 Å². The fraction of sp³-hybridized carbons (Fsp3) is 0.333. The third-order valence-electron chi connectivity index (χ3n) is 3.83. The van der Waals surface area contributed by atoms with Crippen LogP contribution in [0.5, 0.6) is 5.75 Å². The Morgan fingerprint density at radius 2 is 2.23 bits per heavy atom. The molecule has 1 aliphatic heterocycles. The summed E-state index contributed by atoms with van der Waals surface area (Å²) in [6.45, 7) is 9.05. The number of ether oxygens (including phenoxy) is 2. The smallest absolute Gasteiger partial charge is 0.333 e. The van der Waals surface area contributed by atoms with Gasteiger partial charge in [0.15, 0.2) is 0 Å². The van der Waals surface area contributed by atoms with Gasteiger partial charge in [0.05, 0.1) is 0 Å². The largest absolute Gasteiger partial charge is 0.485 e. The van der Waals surface area contributed by atoms with E-state index in [1.807, 2.05) is 25.1 Å². The molecule has 0 N–H and O–H groups in total. The number of rotatable bonds is 5. The van der Waals surface area contributed by atoms with Crippen molar-refractivity contribution in [3.63, 3.8) is 0 Å². The molecule has 0 radical (unpaired) electrons. The van der Waals surface area contributed by atoms with Crippen molar-refractivity contribution in [3.8, 4) is 5.75 Å². The lowest BCUT2D eigenvalue weighted by Gasteiger charge is -2.14. The van der Waals surface area contributed by atoms with Gasteiger partial charge in [-0.3, -0.25) is 4.79 Å². The van der Waals surface area contributed by atoms with Gasteiger partial charge in [0.2, 0.25) is 0 Å². The van der Waals surface area contributed by atoms with Gasteiger partial charge >= 0.3 is 5.97 Å². The molecular formula is C18H20O4. The van der Waals surface area contributed by atoms with E-state index in [4.69, 9.17) is 9.47 Å². The minimum Gasteiger partial charge on any atom is -0.485 e. The normalized spacial score (nSPS) is 18.1. The van der Waals surface area contributed by atoms with Crippen LogP contribution >= 0.6 is 0 Å². The van der Waals surface area contributed by atoms with E-state index < -0.39 is 0 Å². The van der Waals surface area contributed by atoms with Crippen molar-refractivity contribution in [2.45, 2.75) is 39.4 Å². The second kappa shape index (κ2) is 6.60. The molecule has 4 nitrogen and oxygen atoms in total. The molecule has 0 saturated heterocycles. The van der Waals surface area contributed by atoms with Crippen LogP contribution < -0.4 is 4.74 Å². The molecule has 0 bridgehead atoms. The highest BCUT2D eigenvalue weighted by Crippen LogP contribution is 2.33. The van der Waals surface area contributed by atoms with E-state index in [-0.39, 0.29) is 18.2 Å². The highest BCUT2D eigenvalue weighted by atomic mass is 16.5. The summed E-state index contributed by atoms with van der Waals surface area (Å²) in [7, 11) is 0. The fourth-order valence-corrected chi connectivity index (χ4v) is 2.24. The van der Waals surface area contributed by atoms with Gasteiger partial charge in [0, 0.05) is 17.6 Å². The van der Waals surface area contributed by atoms with Crippen molar-refractivity contribution in [1.29, 1.82) is 0 Å². The number of esters is 1. The third kappa shape index (κ3) is 3.27. The van der Waals surface area contributed by atoms with Gasteiger partial charge in [-0.25, -0.2) is 4.79 Å². The van der Waals surface area contributed by atoms with Crippen LogP contribution in [0.15, 0.2) is 42.0 Å². The Labute approximate surface area is 130 Å². The first kappa shape index (κ1) is 16.0. The van der Waals surface area contributed by atoms with E-state index in [0.717, 1.165) is 23.2 Å². The first-order valence-corrected chi connectivity index (χ1v) is 7.23. The molecule has 22 heavy (non-hydrogen) atoms. The zero-order chi connectivity index (χ0) is 16.3. The zero-order valence-corrected chi connectivity index (χ0v) is 13.1. The summed E-state index contributed by atoms with van der Waals surface area (Å²) in [6.07, 6.45) is 2.41. The van der Waals surface area contributed by atoms with Crippen LogP contribution in [0.3, 0.4) is 0 Å². The minimum absolute atomic E-state index is 0.300. The van der Waals surface area contributed by atoms with Crippen molar-refractivity contribution in [2.24, 2.45) is 0 Å².